The molecule has 0 radical (unpaired) electrons. The lowest BCUT2D eigenvalue weighted by atomic mass is 10.2. The smallest absolute Gasteiger partial charge is 0.273 e. The van der Waals surface area contributed by atoms with E-state index in [4.69, 9.17) is 13.6 Å². The van der Waals surface area contributed by atoms with Crippen LogP contribution < -0.4 is 10.1 Å². The van der Waals surface area contributed by atoms with Gasteiger partial charge in [0.05, 0.1) is 26.0 Å². The fourth-order valence-electron chi connectivity index (χ4n) is 2.85. The maximum atomic E-state index is 12.2. The summed E-state index contributed by atoms with van der Waals surface area (Å²) in [4.78, 5) is 18.8. The number of nitrogens with zero attached hydrogens (tertiary/aromatic N) is 2. The van der Waals surface area contributed by atoms with Crippen LogP contribution in [0, 0.1) is 0 Å². The Balaban J connectivity index is 1.58. The quantitative estimate of drug-likeness (QED) is 0.557. The van der Waals surface area contributed by atoms with E-state index in [9.17, 15) is 4.79 Å². The van der Waals surface area contributed by atoms with E-state index in [1.807, 2.05) is 19.1 Å². The van der Waals surface area contributed by atoms with Crippen molar-refractivity contribution in [3.05, 3.63) is 71.8 Å². The van der Waals surface area contributed by atoms with E-state index in [-0.39, 0.29) is 17.6 Å². The van der Waals surface area contributed by atoms with Crippen molar-refractivity contribution >= 4 is 5.91 Å². The van der Waals surface area contributed by atoms with Gasteiger partial charge in [0.25, 0.3) is 5.91 Å². The summed E-state index contributed by atoms with van der Waals surface area (Å²) >= 11 is 0. The molecule has 0 aliphatic rings. The van der Waals surface area contributed by atoms with Gasteiger partial charge in [-0.25, -0.2) is 4.98 Å². The number of ether oxygens (including phenoxy) is 1. The number of hydrogen-bond donors (Lipinski definition) is 1. The molecule has 29 heavy (non-hydrogen) atoms. The van der Waals surface area contributed by atoms with Crippen molar-refractivity contribution < 1.29 is 18.4 Å². The molecule has 154 valence electrons. The molecule has 3 aromatic rings. The van der Waals surface area contributed by atoms with Gasteiger partial charge >= 0.3 is 0 Å². The molecule has 7 heteroatoms. The topological polar surface area (TPSA) is 80.7 Å². The van der Waals surface area contributed by atoms with Gasteiger partial charge in [0.1, 0.15) is 17.8 Å². The Morgan fingerprint density at radius 1 is 1.17 bits per heavy atom. The highest BCUT2D eigenvalue weighted by Crippen LogP contribution is 2.17. The number of amides is 1. The van der Waals surface area contributed by atoms with Gasteiger partial charge in [-0.1, -0.05) is 12.1 Å². The average molecular weight is 397 g/mol. The van der Waals surface area contributed by atoms with E-state index < -0.39 is 0 Å². The number of carbonyl (C=O) groups is 1. The monoisotopic (exact) mass is 397 g/mol. The predicted molar refractivity (Wildman–Crippen MR) is 108 cm³/mol. The standard InChI is InChI=1S/C22H27N3O4/c1-4-27-18-9-7-17(8-10-18)13-25(16(2)3)14-21-24-20(15-29-21)22(26)23-12-19-6-5-11-28-19/h5-11,15-16H,4,12-14H2,1-3H3,(H,23,26). The third-order valence-corrected chi connectivity index (χ3v) is 4.48. The van der Waals surface area contributed by atoms with Crippen LogP contribution in [0.2, 0.25) is 0 Å². The van der Waals surface area contributed by atoms with Gasteiger partial charge in [-0.2, -0.15) is 0 Å². The van der Waals surface area contributed by atoms with Gasteiger partial charge in [-0.3, -0.25) is 9.69 Å². The summed E-state index contributed by atoms with van der Waals surface area (Å²) in [5.74, 6) is 1.76. The van der Waals surface area contributed by atoms with Crippen LogP contribution in [0.1, 0.15) is 48.5 Å². The second-order valence-corrected chi connectivity index (χ2v) is 6.96. The number of benzene rings is 1. The number of furan rings is 1. The Morgan fingerprint density at radius 3 is 2.62 bits per heavy atom. The summed E-state index contributed by atoms with van der Waals surface area (Å²) < 4.78 is 16.2. The molecule has 2 aromatic heterocycles. The SMILES string of the molecule is CCOc1ccc(CN(Cc2nc(C(=O)NCc3ccco3)co2)C(C)C)cc1. The molecule has 0 unspecified atom stereocenters. The molecule has 0 atom stereocenters. The maximum Gasteiger partial charge on any atom is 0.273 e. The van der Waals surface area contributed by atoms with E-state index in [0.717, 1.165) is 12.3 Å². The first-order chi connectivity index (χ1) is 14.0. The second kappa shape index (κ2) is 9.93. The number of carbonyl (C=O) groups excluding carboxylic acids is 1. The Morgan fingerprint density at radius 2 is 1.97 bits per heavy atom. The normalized spacial score (nSPS) is 11.2. The first-order valence-corrected chi connectivity index (χ1v) is 9.76. The summed E-state index contributed by atoms with van der Waals surface area (Å²) in [5.41, 5.74) is 1.43. The van der Waals surface area contributed by atoms with Gasteiger partial charge in [-0.05, 0) is 50.6 Å². The fraction of sp³-hybridized carbons (Fsp3) is 0.364. The van der Waals surface area contributed by atoms with Crippen molar-refractivity contribution in [3.8, 4) is 5.75 Å². The van der Waals surface area contributed by atoms with E-state index >= 15 is 0 Å². The van der Waals surface area contributed by atoms with Gasteiger partial charge in [0.15, 0.2) is 5.69 Å². The molecule has 7 nitrogen and oxygen atoms in total. The van der Waals surface area contributed by atoms with Crippen molar-refractivity contribution in [2.75, 3.05) is 6.61 Å². The molecule has 1 aromatic carbocycles. The zero-order valence-corrected chi connectivity index (χ0v) is 17.1. The molecule has 0 saturated heterocycles. The highest BCUT2D eigenvalue weighted by molar-refractivity contribution is 5.91. The summed E-state index contributed by atoms with van der Waals surface area (Å²) in [6.45, 7) is 8.42. The van der Waals surface area contributed by atoms with Gasteiger partial charge in [0.2, 0.25) is 5.89 Å². The molecule has 2 heterocycles. The average Bonchev–Trinajstić information content (AvgIpc) is 3.39. The van der Waals surface area contributed by atoms with E-state index in [0.29, 0.717) is 31.3 Å². The van der Waals surface area contributed by atoms with E-state index in [1.165, 1.54) is 11.8 Å². The zero-order chi connectivity index (χ0) is 20.6. The van der Waals surface area contributed by atoms with Gasteiger partial charge in [0, 0.05) is 12.6 Å². The number of rotatable bonds is 10. The summed E-state index contributed by atoms with van der Waals surface area (Å²) in [5, 5.41) is 2.77. The lowest BCUT2D eigenvalue weighted by Gasteiger charge is -2.25. The molecule has 3 rings (SSSR count). The van der Waals surface area contributed by atoms with Crippen LogP contribution in [-0.4, -0.2) is 28.4 Å². The molecular weight excluding hydrogens is 370 g/mol. The lowest BCUT2D eigenvalue weighted by Crippen LogP contribution is -2.30. The molecule has 0 bridgehead atoms. The van der Waals surface area contributed by atoms with E-state index in [1.54, 1.807) is 18.4 Å². The zero-order valence-electron chi connectivity index (χ0n) is 17.1. The summed E-state index contributed by atoms with van der Waals surface area (Å²) in [7, 11) is 0. The lowest BCUT2D eigenvalue weighted by molar-refractivity contribution is 0.0943. The largest absolute Gasteiger partial charge is 0.494 e. The minimum atomic E-state index is -0.293. The third-order valence-electron chi connectivity index (χ3n) is 4.48. The molecule has 0 aliphatic heterocycles. The summed E-state index contributed by atoms with van der Waals surface area (Å²) in [6.07, 6.45) is 2.96. The van der Waals surface area contributed by atoms with Crippen LogP contribution in [-0.2, 0) is 19.6 Å². The number of hydrogen-bond acceptors (Lipinski definition) is 6. The molecule has 1 amide bonds. The van der Waals surface area contributed by atoms with Crippen LogP contribution >= 0.6 is 0 Å². The molecule has 0 spiro atoms. The Kier molecular flexibility index (Phi) is 7.08. The number of aromatic nitrogens is 1. The van der Waals surface area contributed by atoms with Crippen molar-refractivity contribution in [3.63, 3.8) is 0 Å². The molecule has 1 N–H and O–H groups in total. The van der Waals surface area contributed by atoms with Crippen molar-refractivity contribution in [1.82, 2.24) is 15.2 Å². The number of nitrogens with one attached hydrogen (secondary N) is 1. The fourth-order valence-corrected chi connectivity index (χ4v) is 2.85. The van der Waals surface area contributed by atoms with Crippen LogP contribution in [0.15, 0.2) is 57.8 Å². The molecule has 0 saturated carbocycles. The predicted octanol–water partition coefficient (Wildman–Crippen LogP) is 4.01. The second-order valence-electron chi connectivity index (χ2n) is 6.96. The van der Waals surface area contributed by atoms with Crippen molar-refractivity contribution in [2.45, 2.75) is 46.4 Å². The van der Waals surface area contributed by atoms with Crippen LogP contribution in [0.5, 0.6) is 5.75 Å². The Labute approximate surface area is 170 Å². The van der Waals surface area contributed by atoms with Crippen molar-refractivity contribution in [1.29, 1.82) is 0 Å². The molecule has 0 fully saturated rings. The Hall–Kier alpha value is -3.06. The van der Waals surface area contributed by atoms with Gasteiger partial charge < -0.3 is 18.9 Å². The van der Waals surface area contributed by atoms with Crippen molar-refractivity contribution in [2.24, 2.45) is 0 Å². The third kappa shape index (κ3) is 5.96. The first kappa shape index (κ1) is 20.7. The Bertz CT molecular complexity index is 885. The molecule has 0 aliphatic carbocycles. The number of oxazole rings is 1. The minimum absolute atomic E-state index is 0.260. The van der Waals surface area contributed by atoms with Crippen LogP contribution in [0.3, 0.4) is 0 Å². The van der Waals surface area contributed by atoms with Crippen LogP contribution in [0.25, 0.3) is 0 Å². The van der Waals surface area contributed by atoms with Crippen LogP contribution in [0.4, 0.5) is 0 Å². The highest BCUT2D eigenvalue weighted by atomic mass is 16.5. The van der Waals surface area contributed by atoms with Gasteiger partial charge in [-0.15, -0.1) is 0 Å². The minimum Gasteiger partial charge on any atom is -0.494 e. The first-order valence-electron chi connectivity index (χ1n) is 9.76. The molecular formula is C22H27N3O4. The maximum absolute atomic E-state index is 12.2. The summed E-state index contributed by atoms with van der Waals surface area (Å²) in [6, 6.07) is 11.9. The highest BCUT2D eigenvalue weighted by Gasteiger charge is 2.17. The van der Waals surface area contributed by atoms with E-state index in [2.05, 4.69) is 41.2 Å².